The van der Waals surface area contributed by atoms with Crippen LogP contribution in [-0.4, -0.2) is 42.7 Å². The first kappa shape index (κ1) is 20.9. The molecule has 1 heterocycles. The van der Waals surface area contributed by atoms with E-state index in [1.54, 1.807) is 6.07 Å². The van der Waals surface area contributed by atoms with Crippen molar-refractivity contribution in [1.82, 2.24) is 0 Å². The van der Waals surface area contributed by atoms with Crippen LogP contribution >= 0.6 is 0 Å². The zero-order chi connectivity index (χ0) is 21.4. The highest BCUT2D eigenvalue weighted by Gasteiger charge is 2.42. The molecule has 2 aromatic rings. The summed E-state index contributed by atoms with van der Waals surface area (Å²) in [7, 11) is -4.87. The number of carbonyl (C=O) groups is 1. The summed E-state index contributed by atoms with van der Waals surface area (Å²) < 4.78 is 63.2. The maximum Gasteiger partial charge on any atom is 0.262 e. The average molecular weight is 440 g/mol. The van der Waals surface area contributed by atoms with Gasteiger partial charge < -0.3 is 9.47 Å². The van der Waals surface area contributed by atoms with Gasteiger partial charge in [-0.2, -0.15) is 0 Å². The molecular formula is C18H20N2O7S2. The van der Waals surface area contributed by atoms with Gasteiger partial charge in [-0.15, -0.1) is 0 Å². The molecule has 2 aromatic carbocycles. The van der Waals surface area contributed by atoms with E-state index in [1.807, 2.05) is 0 Å². The zero-order valence-electron chi connectivity index (χ0n) is 15.9. The third kappa shape index (κ3) is 4.01. The minimum absolute atomic E-state index is 0.0975. The molecule has 1 saturated heterocycles. The summed E-state index contributed by atoms with van der Waals surface area (Å²) in [6.45, 7) is 1.53. The summed E-state index contributed by atoms with van der Waals surface area (Å²) in [5, 5.41) is 0. The largest absolute Gasteiger partial charge is 0.497 e. The van der Waals surface area contributed by atoms with Crippen molar-refractivity contribution >= 4 is 37.3 Å². The fourth-order valence-electron chi connectivity index (χ4n) is 2.93. The lowest BCUT2D eigenvalue weighted by atomic mass is 10.2. The molecule has 0 aliphatic carbocycles. The van der Waals surface area contributed by atoms with Gasteiger partial charge in [-0.05, 0) is 36.4 Å². The van der Waals surface area contributed by atoms with E-state index in [0.29, 0.717) is 10.1 Å². The average Bonchev–Trinajstić information content (AvgIpc) is 2.88. The first-order valence-corrected chi connectivity index (χ1v) is 11.6. The summed E-state index contributed by atoms with van der Waals surface area (Å²) in [4.78, 5) is 12.1. The van der Waals surface area contributed by atoms with Crippen molar-refractivity contribution in [3.8, 4) is 11.5 Å². The lowest BCUT2D eigenvalue weighted by Gasteiger charge is -2.16. The molecule has 1 atom stereocenters. The van der Waals surface area contributed by atoms with Gasteiger partial charge in [0.15, 0.2) is 0 Å². The second kappa shape index (κ2) is 7.56. The Labute approximate surface area is 169 Å². The second-order valence-electron chi connectivity index (χ2n) is 6.45. The lowest BCUT2D eigenvalue weighted by molar-refractivity contribution is -0.119. The van der Waals surface area contributed by atoms with Crippen LogP contribution in [0, 0.1) is 5.92 Å². The van der Waals surface area contributed by atoms with Crippen LogP contribution in [0.3, 0.4) is 0 Å². The number of benzene rings is 2. The molecule has 0 unspecified atom stereocenters. The van der Waals surface area contributed by atoms with Crippen molar-refractivity contribution in [3.63, 3.8) is 0 Å². The van der Waals surface area contributed by atoms with Gasteiger partial charge in [0.2, 0.25) is 15.9 Å². The minimum Gasteiger partial charge on any atom is -0.497 e. The topological polar surface area (TPSA) is 119 Å². The second-order valence-corrected chi connectivity index (χ2v) is 9.99. The maximum absolute atomic E-state index is 12.7. The summed E-state index contributed by atoms with van der Waals surface area (Å²) in [6.07, 6.45) is 0. The van der Waals surface area contributed by atoms with Crippen molar-refractivity contribution in [1.29, 1.82) is 0 Å². The van der Waals surface area contributed by atoms with Gasteiger partial charge in [-0.1, -0.05) is 6.92 Å². The summed E-state index contributed by atoms with van der Waals surface area (Å²) in [6, 6.07) is 9.65. The molecule has 11 heteroatoms. The first-order valence-electron chi connectivity index (χ1n) is 8.51. The van der Waals surface area contributed by atoms with Crippen molar-refractivity contribution < 1.29 is 31.1 Å². The van der Waals surface area contributed by atoms with Crippen molar-refractivity contribution in [2.45, 2.75) is 11.8 Å². The molecule has 156 valence electrons. The van der Waals surface area contributed by atoms with E-state index in [0.717, 1.165) is 0 Å². The van der Waals surface area contributed by atoms with Gasteiger partial charge in [0, 0.05) is 6.07 Å². The first-order chi connectivity index (χ1) is 13.6. The van der Waals surface area contributed by atoms with Crippen LogP contribution < -0.4 is 18.5 Å². The van der Waals surface area contributed by atoms with E-state index in [2.05, 4.69) is 4.72 Å². The summed E-state index contributed by atoms with van der Waals surface area (Å²) in [5.41, 5.74) is 0.309. The van der Waals surface area contributed by atoms with E-state index in [1.165, 1.54) is 57.5 Å². The standard InChI is InChI=1S/C18H20N2O7S2/c1-12-11-28(22,23)20(18(12)21)13-4-7-15(8-5-13)29(24,25)19-16-9-6-14(26-2)10-17(16)27-3/h4-10,12,19H,11H2,1-3H3/t12-/m1/s1. The molecule has 0 bridgehead atoms. The van der Waals surface area contributed by atoms with Crippen LogP contribution in [0.25, 0.3) is 0 Å². The van der Waals surface area contributed by atoms with E-state index >= 15 is 0 Å². The molecule has 1 N–H and O–H groups in total. The van der Waals surface area contributed by atoms with Crippen LogP contribution in [0.2, 0.25) is 0 Å². The molecule has 1 fully saturated rings. The molecule has 3 rings (SSSR count). The monoisotopic (exact) mass is 440 g/mol. The Morgan fingerprint density at radius 2 is 1.72 bits per heavy atom. The van der Waals surface area contributed by atoms with Gasteiger partial charge >= 0.3 is 0 Å². The number of carbonyl (C=O) groups excluding carboxylic acids is 1. The molecule has 0 radical (unpaired) electrons. The van der Waals surface area contributed by atoms with E-state index in [-0.39, 0.29) is 27.8 Å². The van der Waals surface area contributed by atoms with E-state index in [4.69, 9.17) is 9.47 Å². The molecule has 1 amide bonds. The highest BCUT2D eigenvalue weighted by atomic mass is 32.2. The number of rotatable bonds is 6. The Morgan fingerprint density at radius 3 is 2.24 bits per heavy atom. The molecule has 0 aromatic heterocycles. The quantitative estimate of drug-likeness (QED) is 0.728. The third-order valence-corrected chi connectivity index (χ3v) is 7.64. The Bertz CT molecular complexity index is 1140. The third-order valence-electron chi connectivity index (χ3n) is 4.40. The number of sulfonamides is 2. The van der Waals surface area contributed by atoms with Crippen molar-refractivity contribution in [2.24, 2.45) is 5.92 Å². The highest BCUT2D eigenvalue weighted by Crippen LogP contribution is 2.32. The van der Waals surface area contributed by atoms with Crippen LogP contribution in [-0.2, 0) is 24.8 Å². The number of nitrogens with one attached hydrogen (secondary N) is 1. The van der Waals surface area contributed by atoms with Crippen molar-refractivity contribution in [3.05, 3.63) is 42.5 Å². The smallest absolute Gasteiger partial charge is 0.262 e. The van der Waals surface area contributed by atoms with Gasteiger partial charge in [0.25, 0.3) is 10.0 Å². The Kier molecular flexibility index (Phi) is 5.46. The fourth-order valence-corrected chi connectivity index (χ4v) is 5.82. The van der Waals surface area contributed by atoms with Crippen LogP contribution in [0.5, 0.6) is 11.5 Å². The Hall–Kier alpha value is -2.79. The number of nitrogens with zero attached hydrogens (tertiary/aromatic N) is 1. The number of amides is 1. The Morgan fingerprint density at radius 1 is 1.07 bits per heavy atom. The lowest BCUT2D eigenvalue weighted by Crippen LogP contribution is -2.30. The molecule has 0 saturated carbocycles. The zero-order valence-corrected chi connectivity index (χ0v) is 17.6. The fraction of sp³-hybridized carbons (Fsp3) is 0.278. The molecule has 1 aliphatic rings. The highest BCUT2D eigenvalue weighted by molar-refractivity contribution is 7.94. The van der Waals surface area contributed by atoms with Gasteiger partial charge in [0.05, 0.1) is 42.2 Å². The van der Waals surface area contributed by atoms with E-state index in [9.17, 15) is 21.6 Å². The number of ether oxygens (including phenoxy) is 2. The number of methoxy groups -OCH3 is 2. The van der Waals surface area contributed by atoms with Crippen LogP contribution in [0.1, 0.15) is 6.92 Å². The number of hydrogen-bond acceptors (Lipinski definition) is 7. The Balaban J connectivity index is 1.89. The SMILES string of the molecule is COc1ccc(NS(=O)(=O)c2ccc(N3C(=O)[C@H](C)CS3(=O)=O)cc2)c(OC)c1. The predicted octanol–water partition coefficient (Wildman–Crippen LogP) is 1.82. The summed E-state index contributed by atoms with van der Waals surface area (Å²) >= 11 is 0. The molecule has 9 nitrogen and oxygen atoms in total. The molecular weight excluding hydrogens is 420 g/mol. The van der Waals surface area contributed by atoms with Gasteiger partial charge in [0.1, 0.15) is 11.5 Å². The minimum atomic E-state index is -3.98. The number of hydrogen-bond donors (Lipinski definition) is 1. The summed E-state index contributed by atoms with van der Waals surface area (Å²) in [5.74, 6) is -0.688. The molecule has 29 heavy (non-hydrogen) atoms. The maximum atomic E-state index is 12.7. The van der Waals surface area contributed by atoms with Crippen LogP contribution in [0.15, 0.2) is 47.4 Å². The molecule has 1 aliphatic heterocycles. The van der Waals surface area contributed by atoms with Crippen molar-refractivity contribution in [2.75, 3.05) is 29.0 Å². The van der Waals surface area contributed by atoms with Gasteiger partial charge in [-0.3, -0.25) is 9.52 Å². The normalized spacial score (nSPS) is 18.5. The van der Waals surface area contributed by atoms with E-state index < -0.39 is 31.9 Å². The number of anilines is 2. The van der Waals surface area contributed by atoms with Gasteiger partial charge in [-0.25, -0.2) is 21.1 Å². The van der Waals surface area contributed by atoms with Crippen LogP contribution in [0.4, 0.5) is 11.4 Å². The molecule has 0 spiro atoms. The predicted molar refractivity (Wildman–Crippen MR) is 107 cm³/mol.